The molecular weight excluding hydrogens is 320 g/mol. The Morgan fingerprint density at radius 1 is 0.708 bits per heavy atom. The largest absolute Gasteiger partial charge is 0.508 e. The van der Waals surface area contributed by atoms with Gasteiger partial charge in [-0.3, -0.25) is 0 Å². The van der Waals surface area contributed by atoms with Gasteiger partial charge in [0.25, 0.3) is 0 Å². The van der Waals surface area contributed by atoms with Gasteiger partial charge in [-0.2, -0.15) is 0 Å². The first kappa shape index (κ1) is 16.9. The Labute approximate surface area is 136 Å². The van der Waals surface area contributed by atoms with E-state index in [9.17, 15) is 30.0 Å². The molecule has 4 N–H and O–H groups in total. The molecule has 0 saturated heterocycles. The summed E-state index contributed by atoms with van der Waals surface area (Å²) in [5, 5.41) is 37.6. The third-order valence-corrected chi connectivity index (χ3v) is 2.95. The lowest BCUT2D eigenvalue weighted by Crippen LogP contribution is -2.14. The van der Waals surface area contributed by atoms with Crippen molar-refractivity contribution in [3.63, 3.8) is 0 Å². The molecule has 0 aromatic heterocycles. The van der Waals surface area contributed by atoms with E-state index in [-0.39, 0.29) is 47.3 Å². The van der Waals surface area contributed by atoms with E-state index < -0.39 is 11.9 Å². The van der Waals surface area contributed by atoms with Gasteiger partial charge in [0.15, 0.2) is 0 Å². The molecule has 24 heavy (non-hydrogen) atoms. The summed E-state index contributed by atoms with van der Waals surface area (Å²) in [7, 11) is 0. The summed E-state index contributed by atoms with van der Waals surface area (Å²) in [6.45, 7) is -0.613. The van der Waals surface area contributed by atoms with Crippen LogP contribution in [0.5, 0.6) is 23.0 Å². The molecule has 0 atom stereocenters. The Morgan fingerprint density at radius 3 is 1.46 bits per heavy atom. The van der Waals surface area contributed by atoms with E-state index in [2.05, 4.69) is 0 Å². The third-order valence-electron chi connectivity index (χ3n) is 2.95. The number of rotatable bonds is 5. The summed E-state index contributed by atoms with van der Waals surface area (Å²) in [6.07, 6.45) is 0. The van der Waals surface area contributed by atoms with Gasteiger partial charge in [0.1, 0.15) is 47.3 Å². The molecule has 0 radical (unpaired) electrons. The molecule has 2 aromatic rings. The lowest BCUT2D eigenvalue weighted by Gasteiger charge is -2.08. The summed E-state index contributed by atoms with van der Waals surface area (Å²) in [6, 6.07) is 6.75. The number of benzene rings is 2. The number of ether oxygens (including phenoxy) is 2. The van der Waals surface area contributed by atoms with Gasteiger partial charge < -0.3 is 29.9 Å². The molecule has 8 nitrogen and oxygen atoms in total. The zero-order chi connectivity index (χ0) is 17.7. The summed E-state index contributed by atoms with van der Waals surface area (Å²) in [5.74, 6) is -2.96. The molecule has 0 bridgehead atoms. The third kappa shape index (κ3) is 4.07. The van der Waals surface area contributed by atoms with Crippen molar-refractivity contribution in [2.24, 2.45) is 0 Å². The summed E-state index contributed by atoms with van der Waals surface area (Å²) >= 11 is 0. The smallest absolute Gasteiger partial charge is 0.342 e. The summed E-state index contributed by atoms with van der Waals surface area (Å²) in [4.78, 5) is 23.4. The minimum atomic E-state index is -0.903. The second-order valence-corrected chi connectivity index (χ2v) is 4.67. The molecule has 0 unspecified atom stereocenters. The standard InChI is InChI=1S/C16H14O8/c17-9-1-3-13(19)11(7-9)15(21)23-5-6-24-16(22)12-8-10(18)2-4-14(12)20/h1-4,7-8,17-20H,5-6H2. The van der Waals surface area contributed by atoms with Gasteiger partial charge in [-0.1, -0.05) is 0 Å². The van der Waals surface area contributed by atoms with Gasteiger partial charge in [0, 0.05) is 0 Å². The molecule has 0 aliphatic rings. The second kappa shape index (κ2) is 7.23. The molecule has 2 aromatic carbocycles. The second-order valence-electron chi connectivity index (χ2n) is 4.67. The van der Waals surface area contributed by atoms with E-state index in [0.29, 0.717) is 0 Å². The Kier molecular flexibility index (Phi) is 5.10. The normalized spacial score (nSPS) is 10.2. The zero-order valence-corrected chi connectivity index (χ0v) is 12.3. The first-order chi connectivity index (χ1) is 11.4. The van der Waals surface area contributed by atoms with Crippen molar-refractivity contribution < 1.29 is 39.5 Å². The Hall–Kier alpha value is -3.42. The first-order valence-electron chi connectivity index (χ1n) is 6.76. The van der Waals surface area contributed by atoms with Crippen LogP contribution < -0.4 is 0 Å². The summed E-state index contributed by atoms with van der Waals surface area (Å²) < 4.78 is 9.61. The Bertz CT molecular complexity index is 703. The molecule has 0 amide bonds. The van der Waals surface area contributed by atoms with Gasteiger partial charge in [0.2, 0.25) is 0 Å². The molecule has 2 rings (SSSR count). The van der Waals surface area contributed by atoms with Crippen molar-refractivity contribution in [3.8, 4) is 23.0 Å². The van der Waals surface area contributed by atoms with Crippen molar-refractivity contribution in [1.29, 1.82) is 0 Å². The number of hydrogen-bond acceptors (Lipinski definition) is 8. The van der Waals surface area contributed by atoms with E-state index in [1.165, 1.54) is 12.1 Å². The van der Waals surface area contributed by atoms with Crippen molar-refractivity contribution in [2.75, 3.05) is 13.2 Å². The lowest BCUT2D eigenvalue weighted by molar-refractivity contribution is 0.0261. The predicted molar refractivity (Wildman–Crippen MR) is 80.1 cm³/mol. The highest BCUT2D eigenvalue weighted by Gasteiger charge is 2.16. The lowest BCUT2D eigenvalue weighted by atomic mass is 10.2. The van der Waals surface area contributed by atoms with Crippen LogP contribution in [0.1, 0.15) is 20.7 Å². The van der Waals surface area contributed by atoms with E-state index in [0.717, 1.165) is 24.3 Å². The quantitative estimate of drug-likeness (QED) is 0.367. The van der Waals surface area contributed by atoms with Crippen LogP contribution in [0.4, 0.5) is 0 Å². The Morgan fingerprint density at radius 2 is 1.08 bits per heavy atom. The van der Waals surface area contributed by atoms with Gasteiger partial charge in [-0.25, -0.2) is 9.59 Å². The van der Waals surface area contributed by atoms with Crippen molar-refractivity contribution in [3.05, 3.63) is 47.5 Å². The highest BCUT2D eigenvalue weighted by atomic mass is 16.6. The van der Waals surface area contributed by atoms with Crippen LogP contribution in [0.15, 0.2) is 36.4 Å². The highest BCUT2D eigenvalue weighted by molar-refractivity contribution is 5.93. The number of aromatic hydroxyl groups is 4. The van der Waals surface area contributed by atoms with Crippen LogP contribution in [-0.4, -0.2) is 45.6 Å². The van der Waals surface area contributed by atoms with Crippen LogP contribution in [0.25, 0.3) is 0 Å². The van der Waals surface area contributed by atoms with Crippen LogP contribution >= 0.6 is 0 Å². The average Bonchev–Trinajstić information content (AvgIpc) is 2.55. The predicted octanol–water partition coefficient (Wildman–Crippen LogP) is 1.52. The maximum Gasteiger partial charge on any atom is 0.342 e. The van der Waals surface area contributed by atoms with E-state index in [1.54, 1.807) is 0 Å². The van der Waals surface area contributed by atoms with Gasteiger partial charge >= 0.3 is 11.9 Å². The summed E-state index contributed by atoms with van der Waals surface area (Å²) in [5.41, 5.74) is -0.459. The SMILES string of the molecule is O=C(OCCOC(=O)c1cc(O)ccc1O)c1cc(O)ccc1O. The molecule has 0 aliphatic carbocycles. The maximum absolute atomic E-state index is 11.7. The van der Waals surface area contributed by atoms with Crippen LogP contribution in [-0.2, 0) is 9.47 Å². The Balaban J connectivity index is 1.86. The molecule has 0 aliphatic heterocycles. The van der Waals surface area contributed by atoms with Gasteiger partial charge in [-0.15, -0.1) is 0 Å². The minimum Gasteiger partial charge on any atom is -0.508 e. The number of phenolic OH excluding ortho intramolecular Hbond substituents is 4. The van der Waals surface area contributed by atoms with Gasteiger partial charge in [-0.05, 0) is 36.4 Å². The maximum atomic E-state index is 11.7. The molecular formula is C16H14O8. The number of carbonyl (C=O) groups is 2. The fourth-order valence-corrected chi connectivity index (χ4v) is 1.80. The fraction of sp³-hybridized carbons (Fsp3) is 0.125. The molecule has 0 saturated carbocycles. The van der Waals surface area contributed by atoms with Crippen molar-refractivity contribution >= 4 is 11.9 Å². The molecule has 126 valence electrons. The van der Waals surface area contributed by atoms with Crippen LogP contribution in [0.3, 0.4) is 0 Å². The topological polar surface area (TPSA) is 134 Å². The number of carbonyl (C=O) groups excluding carboxylic acids is 2. The average molecular weight is 334 g/mol. The van der Waals surface area contributed by atoms with E-state index >= 15 is 0 Å². The van der Waals surface area contributed by atoms with Crippen molar-refractivity contribution in [2.45, 2.75) is 0 Å². The zero-order valence-electron chi connectivity index (χ0n) is 12.3. The molecule has 0 fully saturated rings. The van der Waals surface area contributed by atoms with Crippen LogP contribution in [0.2, 0.25) is 0 Å². The molecule has 0 heterocycles. The van der Waals surface area contributed by atoms with E-state index in [4.69, 9.17) is 9.47 Å². The number of hydrogen-bond donors (Lipinski definition) is 4. The van der Waals surface area contributed by atoms with Gasteiger partial charge in [0.05, 0.1) is 0 Å². The molecule has 8 heteroatoms. The van der Waals surface area contributed by atoms with Crippen molar-refractivity contribution in [1.82, 2.24) is 0 Å². The van der Waals surface area contributed by atoms with E-state index in [1.807, 2.05) is 0 Å². The molecule has 0 spiro atoms. The van der Waals surface area contributed by atoms with Crippen LogP contribution in [0, 0.1) is 0 Å². The highest BCUT2D eigenvalue weighted by Crippen LogP contribution is 2.23. The minimum absolute atomic E-state index is 0.217. The monoisotopic (exact) mass is 334 g/mol. The fourth-order valence-electron chi connectivity index (χ4n) is 1.80. The number of phenols is 4. The first-order valence-corrected chi connectivity index (χ1v) is 6.76. The number of esters is 2.